The molecule has 0 saturated heterocycles. The number of hydrogen-bond donors (Lipinski definition) is 2. The molecule has 2 aromatic rings. The van der Waals surface area contributed by atoms with Crippen molar-refractivity contribution >= 4 is 56.3 Å². The number of rotatable bonds is 5. The monoisotopic (exact) mass is 457 g/mol. The van der Waals surface area contributed by atoms with Gasteiger partial charge in [0.2, 0.25) is 0 Å². The van der Waals surface area contributed by atoms with E-state index in [4.69, 9.17) is 0 Å². The smallest absolute Gasteiger partial charge is 0.259 e. The van der Waals surface area contributed by atoms with Crippen LogP contribution in [0.3, 0.4) is 0 Å². The molecule has 108 valence electrons. The van der Waals surface area contributed by atoms with Gasteiger partial charge in [-0.25, -0.2) is 5.43 Å². The van der Waals surface area contributed by atoms with Gasteiger partial charge >= 0.3 is 0 Å². The Kier molecular flexibility index (Phi) is 6.19. The van der Waals surface area contributed by atoms with E-state index in [1.54, 1.807) is 6.21 Å². The summed E-state index contributed by atoms with van der Waals surface area (Å²) in [5.74, 6) is -0.193. The first-order valence-electron chi connectivity index (χ1n) is 6.20. The van der Waals surface area contributed by atoms with E-state index >= 15 is 0 Å². The second-order valence-electron chi connectivity index (χ2n) is 4.21. The van der Waals surface area contributed by atoms with Gasteiger partial charge in [-0.2, -0.15) is 5.10 Å². The predicted molar refractivity (Wildman–Crippen MR) is 97.5 cm³/mol. The Balaban J connectivity index is 1.77. The topological polar surface area (TPSA) is 53.5 Å². The van der Waals surface area contributed by atoms with Crippen LogP contribution in [0.2, 0.25) is 0 Å². The van der Waals surface area contributed by atoms with Gasteiger partial charge in [0.05, 0.1) is 12.8 Å². The molecule has 0 aromatic heterocycles. The maximum Gasteiger partial charge on any atom is 0.259 e. The molecule has 0 heterocycles. The number of halogens is 2. The first kappa shape index (κ1) is 16.0. The normalized spacial score (nSPS) is 10.6. The number of carbonyl (C=O) groups is 1. The van der Waals surface area contributed by atoms with Crippen molar-refractivity contribution in [3.63, 3.8) is 0 Å². The van der Waals surface area contributed by atoms with E-state index < -0.39 is 0 Å². The number of anilines is 1. The summed E-state index contributed by atoms with van der Waals surface area (Å²) in [7, 11) is 0. The van der Waals surface area contributed by atoms with Crippen molar-refractivity contribution in [2.75, 3.05) is 11.9 Å². The van der Waals surface area contributed by atoms with Gasteiger partial charge in [0.15, 0.2) is 0 Å². The van der Waals surface area contributed by atoms with Gasteiger partial charge in [0, 0.05) is 13.7 Å². The van der Waals surface area contributed by atoms with Crippen LogP contribution in [-0.4, -0.2) is 18.7 Å². The summed E-state index contributed by atoms with van der Waals surface area (Å²) in [6.07, 6.45) is 1.61. The molecule has 2 aromatic carbocycles. The maximum atomic E-state index is 11.6. The van der Waals surface area contributed by atoms with Crippen LogP contribution < -0.4 is 10.7 Å². The molecule has 0 bridgehead atoms. The van der Waals surface area contributed by atoms with E-state index in [2.05, 4.69) is 54.4 Å². The SMILES string of the molecule is O=C(CNc1ccc(I)cc1)N/N=C\c1ccc(Br)cc1. The minimum absolute atomic E-state index is 0.179. The van der Waals surface area contributed by atoms with Crippen LogP contribution in [0, 0.1) is 3.57 Å². The third kappa shape index (κ3) is 5.84. The zero-order valence-corrected chi connectivity index (χ0v) is 14.8. The Morgan fingerprint density at radius 2 is 1.81 bits per heavy atom. The molecule has 21 heavy (non-hydrogen) atoms. The molecule has 0 aliphatic rings. The molecule has 1 amide bonds. The molecule has 0 aliphatic heterocycles. The number of benzene rings is 2. The van der Waals surface area contributed by atoms with Crippen LogP contribution in [0.5, 0.6) is 0 Å². The average molecular weight is 458 g/mol. The summed E-state index contributed by atoms with van der Waals surface area (Å²) in [5.41, 5.74) is 4.31. The molecule has 0 atom stereocenters. The lowest BCUT2D eigenvalue weighted by Gasteiger charge is -2.05. The summed E-state index contributed by atoms with van der Waals surface area (Å²) < 4.78 is 2.16. The van der Waals surface area contributed by atoms with Crippen LogP contribution in [-0.2, 0) is 4.79 Å². The third-order valence-corrected chi connectivity index (χ3v) is 3.82. The highest BCUT2D eigenvalue weighted by molar-refractivity contribution is 14.1. The molecule has 6 heteroatoms. The highest BCUT2D eigenvalue weighted by Gasteiger charge is 1.99. The molecule has 0 radical (unpaired) electrons. The molecular formula is C15H13BrIN3O. The second kappa shape index (κ2) is 8.14. The Bertz CT molecular complexity index is 626. The summed E-state index contributed by atoms with van der Waals surface area (Å²) in [6, 6.07) is 15.5. The van der Waals surface area contributed by atoms with Gasteiger partial charge in [-0.15, -0.1) is 0 Å². The zero-order chi connectivity index (χ0) is 15.1. The number of amides is 1. The fourth-order valence-electron chi connectivity index (χ4n) is 1.52. The number of nitrogens with one attached hydrogen (secondary N) is 2. The van der Waals surface area contributed by atoms with Gasteiger partial charge in [-0.3, -0.25) is 4.79 Å². The average Bonchev–Trinajstić information content (AvgIpc) is 2.49. The van der Waals surface area contributed by atoms with E-state index in [0.717, 1.165) is 19.3 Å². The van der Waals surface area contributed by atoms with Crippen molar-refractivity contribution in [3.8, 4) is 0 Å². The Hall–Kier alpha value is -1.41. The largest absolute Gasteiger partial charge is 0.376 e. The predicted octanol–water partition coefficient (Wildman–Crippen LogP) is 3.62. The fourth-order valence-corrected chi connectivity index (χ4v) is 2.14. The fraction of sp³-hybridized carbons (Fsp3) is 0.0667. The number of hydrogen-bond acceptors (Lipinski definition) is 3. The summed E-state index contributed by atoms with van der Waals surface area (Å²) in [5, 5.41) is 6.95. The third-order valence-electron chi connectivity index (χ3n) is 2.57. The Morgan fingerprint density at radius 1 is 1.14 bits per heavy atom. The first-order chi connectivity index (χ1) is 10.1. The highest BCUT2D eigenvalue weighted by atomic mass is 127. The van der Waals surface area contributed by atoms with E-state index in [1.165, 1.54) is 0 Å². The Labute approximate surface area is 145 Å². The van der Waals surface area contributed by atoms with Crippen molar-refractivity contribution < 1.29 is 4.79 Å². The summed E-state index contributed by atoms with van der Waals surface area (Å²) in [6.45, 7) is 0.179. The van der Waals surface area contributed by atoms with E-state index in [9.17, 15) is 4.79 Å². The van der Waals surface area contributed by atoms with Gasteiger partial charge in [-0.05, 0) is 64.6 Å². The highest BCUT2D eigenvalue weighted by Crippen LogP contribution is 2.10. The van der Waals surface area contributed by atoms with Crippen molar-refractivity contribution in [1.82, 2.24) is 5.43 Å². The molecule has 2 N–H and O–H groups in total. The lowest BCUT2D eigenvalue weighted by atomic mass is 10.2. The van der Waals surface area contributed by atoms with E-state index in [1.807, 2.05) is 48.5 Å². The van der Waals surface area contributed by atoms with Crippen molar-refractivity contribution in [3.05, 3.63) is 62.1 Å². The molecule has 2 rings (SSSR count). The molecule has 0 aliphatic carbocycles. The quantitative estimate of drug-likeness (QED) is 0.409. The standard InChI is InChI=1S/C15H13BrIN3O/c16-12-3-1-11(2-4-12)9-19-20-15(21)10-18-14-7-5-13(17)6-8-14/h1-9,18H,10H2,(H,20,21)/b19-9-. The van der Waals surface area contributed by atoms with Crippen molar-refractivity contribution in [2.24, 2.45) is 5.10 Å². The van der Waals surface area contributed by atoms with Crippen LogP contribution in [0.1, 0.15) is 5.56 Å². The van der Waals surface area contributed by atoms with Crippen LogP contribution in [0.15, 0.2) is 58.1 Å². The second-order valence-corrected chi connectivity index (χ2v) is 6.37. The zero-order valence-electron chi connectivity index (χ0n) is 11.0. The van der Waals surface area contributed by atoms with Crippen molar-refractivity contribution in [2.45, 2.75) is 0 Å². The lowest BCUT2D eigenvalue weighted by Crippen LogP contribution is -2.25. The number of nitrogens with zero attached hydrogens (tertiary/aromatic N) is 1. The molecule has 4 nitrogen and oxygen atoms in total. The van der Waals surface area contributed by atoms with Crippen LogP contribution >= 0.6 is 38.5 Å². The van der Waals surface area contributed by atoms with Crippen LogP contribution in [0.25, 0.3) is 0 Å². The summed E-state index contributed by atoms with van der Waals surface area (Å²) >= 11 is 5.60. The van der Waals surface area contributed by atoms with E-state index in [0.29, 0.717) is 0 Å². The van der Waals surface area contributed by atoms with Gasteiger partial charge in [0.25, 0.3) is 5.91 Å². The first-order valence-corrected chi connectivity index (χ1v) is 8.07. The minimum atomic E-state index is -0.193. The van der Waals surface area contributed by atoms with Gasteiger partial charge < -0.3 is 5.32 Å². The maximum absolute atomic E-state index is 11.6. The number of carbonyl (C=O) groups excluding carboxylic acids is 1. The van der Waals surface area contributed by atoms with Gasteiger partial charge in [-0.1, -0.05) is 28.1 Å². The molecule has 0 fully saturated rings. The molecule has 0 spiro atoms. The van der Waals surface area contributed by atoms with E-state index in [-0.39, 0.29) is 12.5 Å². The Morgan fingerprint density at radius 3 is 2.48 bits per heavy atom. The lowest BCUT2D eigenvalue weighted by molar-refractivity contribution is -0.119. The van der Waals surface area contributed by atoms with Crippen LogP contribution in [0.4, 0.5) is 5.69 Å². The molecule has 0 unspecified atom stereocenters. The van der Waals surface area contributed by atoms with Gasteiger partial charge in [0.1, 0.15) is 0 Å². The molecule has 0 saturated carbocycles. The summed E-state index contributed by atoms with van der Waals surface area (Å²) in [4.78, 5) is 11.6. The number of hydrazone groups is 1. The molecular weight excluding hydrogens is 445 g/mol. The van der Waals surface area contributed by atoms with Crippen molar-refractivity contribution in [1.29, 1.82) is 0 Å². The minimum Gasteiger partial charge on any atom is -0.376 e.